The van der Waals surface area contributed by atoms with Crippen LogP contribution in [0.1, 0.15) is 22.1 Å². The molecule has 0 unspecified atom stereocenters. The lowest BCUT2D eigenvalue weighted by Gasteiger charge is -2.09. The van der Waals surface area contributed by atoms with Crippen LogP contribution in [-0.2, 0) is 6.61 Å². The quantitative estimate of drug-likeness (QED) is 0.493. The molecule has 0 aliphatic carbocycles. The van der Waals surface area contributed by atoms with Crippen LogP contribution in [0, 0.1) is 18.6 Å². The third kappa shape index (κ3) is 4.22. The second-order valence-electron chi connectivity index (χ2n) is 6.47. The van der Waals surface area contributed by atoms with Gasteiger partial charge in [0.1, 0.15) is 35.6 Å². The van der Waals surface area contributed by atoms with Crippen molar-refractivity contribution in [2.24, 2.45) is 0 Å². The number of furan rings is 1. The number of aromatic nitrogens is 2. The maximum Gasteiger partial charge on any atom is 0.291 e. The van der Waals surface area contributed by atoms with Crippen molar-refractivity contribution < 1.29 is 22.7 Å². The average Bonchev–Trinajstić information content (AvgIpc) is 3.37. The van der Waals surface area contributed by atoms with Crippen molar-refractivity contribution in [3.8, 4) is 11.4 Å². The summed E-state index contributed by atoms with van der Waals surface area (Å²) in [5.74, 6) is 0.225. The minimum absolute atomic E-state index is 0.0580. The number of carbonyl (C=O) groups excluding carboxylic acids is 1. The average molecular weight is 409 g/mol. The second kappa shape index (κ2) is 8.20. The minimum Gasteiger partial charge on any atom is -0.486 e. The molecule has 8 heteroatoms. The Labute approximate surface area is 170 Å². The molecule has 6 nitrogen and oxygen atoms in total. The fraction of sp³-hybridized carbons (Fsp3) is 0.0909. The molecule has 4 rings (SSSR count). The zero-order valence-electron chi connectivity index (χ0n) is 15.9. The van der Waals surface area contributed by atoms with Gasteiger partial charge >= 0.3 is 0 Å². The molecule has 2 aromatic heterocycles. The van der Waals surface area contributed by atoms with Gasteiger partial charge in [-0.25, -0.2) is 13.8 Å². The summed E-state index contributed by atoms with van der Waals surface area (Å²) >= 11 is 0. The summed E-state index contributed by atoms with van der Waals surface area (Å²) in [6.07, 6.45) is 3.24. The van der Waals surface area contributed by atoms with E-state index in [1.54, 1.807) is 42.1 Å². The van der Waals surface area contributed by atoms with Crippen molar-refractivity contribution in [1.29, 1.82) is 0 Å². The Morgan fingerprint density at radius 1 is 1.13 bits per heavy atom. The lowest BCUT2D eigenvalue weighted by Crippen LogP contribution is -2.11. The van der Waals surface area contributed by atoms with Gasteiger partial charge in [-0.15, -0.1) is 0 Å². The van der Waals surface area contributed by atoms with E-state index in [9.17, 15) is 13.6 Å². The third-order valence-electron chi connectivity index (χ3n) is 4.37. The lowest BCUT2D eigenvalue weighted by molar-refractivity contribution is 0.0992. The molecule has 0 radical (unpaired) electrons. The van der Waals surface area contributed by atoms with Crippen molar-refractivity contribution in [3.63, 3.8) is 0 Å². The molecule has 0 saturated carbocycles. The summed E-state index contributed by atoms with van der Waals surface area (Å²) in [7, 11) is 0. The fourth-order valence-corrected chi connectivity index (χ4v) is 2.87. The van der Waals surface area contributed by atoms with Crippen LogP contribution in [0.3, 0.4) is 0 Å². The van der Waals surface area contributed by atoms with Gasteiger partial charge in [-0.1, -0.05) is 0 Å². The zero-order valence-corrected chi connectivity index (χ0v) is 15.9. The molecule has 1 N–H and O–H groups in total. The van der Waals surface area contributed by atoms with Gasteiger partial charge in [0.25, 0.3) is 5.91 Å². The van der Waals surface area contributed by atoms with Crippen molar-refractivity contribution >= 4 is 11.6 Å². The monoisotopic (exact) mass is 409 g/mol. The first-order chi connectivity index (χ1) is 14.5. The molecular formula is C22H17F2N3O3. The number of nitrogens with one attached hydrogen (secondary N) is 1. The van der Waals surface area contributed by atoms with Gasteiger partial charge in [0.2, 0.25) is 0 Å². The highest BCUT2D eigenvalue weighted by Gasteiger charge is 2.14. The molecule has 0 aliphatic rings. The minimum atomic E-state index is -0.519. The standard InChI is InChI=1S/C22H17F2N3O3/c1-14-25-10-11-27(14)20-8-4-16(12-19(20)24)26-22(28)21-9-7-18(30-21)13-29-17-5-2-15(23)3-6-17/h2-12H,13H2,1H3,(H,26,28). The van der Waals surface area contributed by atoms with Gasteiger partial charge in [0.05, 0.1) is 5.69 Å². The van der Waals surface area contributed by atoms with E-state index in [2.05, 4.69) is 10.3 Å². The van der Waals surface area contributed by atoms with Crippen LogP contribution in [-0.4, -0.2) is 15.5 Å². The van der Waals surface area contributed by atoms with E-state index in [0.29, 0.717) is 28.7 Å². The van der Waals surface area contributed by atoms with Crippen LogP contribution in [0.25, 0.3) is 5.69 Å². The molecule has 0 fully saturated rings. The highest BCUT2D eigenvalue weighted by molar-refractivity contribution is 6.02. The molecular weight excluding hydrogens is 392 g/mol. The van der Waals surface area contributed by atoms with E-state index in [0.717, 1.165) is 0 Å². The van der Waals surface area contributed by atoms with Crippen LogP contribution < -0.4 is 10.1 Å². The van der Waals surface area contributed by atoms with Gasteiger partial charge in [-0.2, -0.15) is 0 Å². The SMILES string of the molecule is Cc1nccn1-c1ccc(NC(=O)c2ccc(COc3ccc(F)cc3)o2)cc1F. The first-order valence-electron chi connectivity index (χ1n) is 9.08. The Hall–Kier alpha value is -3.94. The number of hydrogen-bond acceptors (Lipinski definition) is 4. The topological polar surface area (TPSA) is 69.3 Å². The highest BCUT2D eigenvalue weighted by Crippen LogP contribution is 2.21. The fourth-order valence-electron chi connectivity index (χ4n) is 2.87. The molecule has 2 aromatic carbocycles. The summed E-state index contributed by atoms with van der Waals surface area (Å²) in [4.78, 5) is 16.5. The molecule has 1 amide bonds. The molecule has 152 valence electrons. The molecule has 2 heterocycles. The molecule has 0 spiro atoms. The molecule has 0 atom stereocenters. The maximum atomic E-state index is 14.5. The van der Waals surface area contributed by atoms with Gasteiger partial charge in [-0.3, -0.25) is 4.79 Å². The lowest BCUT2D eigenvalue weighted by atomic mass is 10.2. The molecule has 0 aliphatic heterocycles. The molecule has 30 heavy (non-hydrogen) atoms. The molecule has 4 aromatic rings. The Morgan fingerprint density at radius 3 is 2.63 bits per heavy atom. The maximum absolute atomic E-state index is 14.5. The first-order valence-corrected chi connectivity index (χ1v) is 9.08. The number of rotatable bonds is 6. The van der Waals surface area contributed by atoms with E-state index in [1.807, 2.05) is 0 Å². The van der Waals surface area contributed by atoms with Crippen LogP contribution in [0.4, 0.5) is 14.5 Å². The number of ether oxygens (including phenoxy) is 1. The van der Waals surface area contributed by atoms with E-state index in [1.165, 1.54) is 36.4 Å². The number of anilines is 1. The largest absolute Gasteiger partial charge is 0.486 e. The van der Waals surface area contributed by atoms with E-state index in [-0.39, 0.29) is 18.2 Å². The Bertz CT molecular complexity index is 1180. The Morgan fingerprint density at radius 2 is 1.93 bits per heavy atom. The number of aryl methyl sites for hydroxylation is 1. The number of amides is 1. The van der Waals surface area contributed by atoms with Crippen LogP contribution in [0.15, 0.2) is 71.4 Å². The summed E-state index contributed by atoms with van der Waals surface area (Å²) in [5.41, 5.74) is 0.626. The van der Waals surface area contributed by atoms with Crippen LogP contribution in [0.5, 0.6) is 5.75 Å². The summed E-state index contributed by atoms with van der Waals surface area (Å²) < 4.78 is 40.0. The van der Waals surface area contributed by atoms with Crippen molar-refractivity contribution in [3.05, 3.63) is 96.0 Å². The smallest absolute Gasteiger partial charge is 0.291 e. The van der Waals surface area contributed by atoms with Gasteiger partial charge in [0.15, 0.2) is 5.76 Å². The molecule has 0 bridgehead atoms. The number of imidazole rings is 1. The number of carbonyl (C=O) groups is 1. The Kier molecular flexibility index (Phi) is 5.30. The normalized spacial score (nSPS) is 10.8. The van der Waals surface area contributed by atoms with E-state index in [4.69, 9.17) is 9.15 Å². The first kappa shape index (κ1) is 19.4. The van der Waals surface area contributed by atoms with Crippen LogP contribution in [0.2, 0.25) is 0 Å². The molecule has 0 saturated heterocycles. The third-order valence-corrected chi connectivity index (χ3v) is 4.37. The summed E-state index contributed by atoms with van der Waals surface area (Å²) in [5, 5.41) is 2.60. The van der Waals surface area contributed by atoms with Gasteiger partial charge < -0.3 is 19.0 Å². The van der Waals surface area contributed by atoms with Gasteiger partial charge in [0, 0.05) is 18.1 Å². The number of halogens is 2. The predicted molar refractivity (Wildman–Crippen MR) is 106 cm³/mol. The number of hydrogen-bond donors (Lipinski definition) is 1. The van der Waals surface area contributed by atoms with Crippen molar-refractivity contribution in [2.45, 2.75) is 13.5 Å². The predicted octanol–water partition coefficient (Wildman–Crippen LogP) is 4.88. The van der Waals surface area contributed by atoms with Gasteiger partial charge in [-0.05, 0) is 61.5 Å². The van der Waals surface area contributed by atoms with E-state index < -0.39 is 11.7 Å². The number of benzene rings is 2. The van der Waals surface area contributed by atoms with Crippen molar-refractivity contribution in [2.75, 3.05) is 5.32 Å². The number of nitrogens with zero attached hydrogens (tertiary/aromatic N) is 2. The Balaban J connectivity index is 1.40. The summed E-state index contributed by atoms with van der Waals surface area (Å²) in [6, 6.07) is 13.0. The van der Waals surface area contributed by atoms with Crippen molar-refractivity contribution in [1.82, 2.24) is 9.55 Å². The summed E-state index contributed by atoms with van der Waals surface area (Å²) in [6.45, 7) is 1.84. The van der Waals surface area contributed by atoms with Crippen LogP contribution >= 0.6 is 0 Å². The second-order valence-corrected chi connectivity index (χ2v) is 6.47. The van der Waals surface area contributed by atoms with E-state index >= 15 is 0 Å². The highest BCUT2D eigenvalue weighted by atomic mass is 19.1. The zero-order chi connectivity index (χ0) is 21.1.